The number of aliphatic hydroxyl groups excluding tert-OH is 1. The maximum Gasteiger partial charge on any atom is 0.226 e. The zero-order chi connectivity index (χ0) is 17.7. The number of fused-ring (bicyclic) bond motifs is 1. The second-order valence-electron chi connectivity index (χ2n) is 6.49. The van der Waals surface area contributed by atoms with Crippen molar-refractivity contribution >= 4 is 16.8 Å². The fraction of sp³-hybridized carbons (Fsp3) is 0.500. The number of benzene rings is 1. The largest absolute Gasteiger partial charge is 0.490 e. The van der Waals surface area contributed by atoms with Crippen LogP contribution in [0.3, 0.4) is 0 Å². The summed E-state index contributed by atoms with van der Waals surface area (Å²) in [5.74, 6) is 0.714. The summed E-state index contributed by atoms with van der Waals surface area (Å²) in [5.41, 5.74) is 1.82. The minimum Gasteiger partial charge on any atom is -0.490 e. The number of ether oxygens (including phenoxy) is 1. The van der Waals surface area contributed by atoms with Gasteiger partial charge in [-0.25, -0.2) is 0 Å². The maximum atomic E-state index is 12.0. The Kier molecular flexibility index (Phi) is 6.23. The van der Waals surface area contributed by atoms with Gasteiger partial charge in [0.2, 0.25) is 5.91 Å². The number of aliphatic hydroxyl groups is 1. The molecule has 132 valence electrons. The Morgan fingerprint density at radius 1 is 1.38 bits per heavy atom. The summed E-state index contributed by atoms with van der Waals surface area (Å²) in [5, 5.41) is 14.1. The van der Waals surface area contributed by atoms with E-state index in [1.54, 1.807) is 19.0 Å². The lowest BCUT2D eigenvalue weighted by atomic mass is 10.1. The quantitative estimate of drug-likeness (QED) is 0.685. The zero-order valence-electron chi connectivity index (χ0n) is 14.8. The molecule has 0 unspecified atom stereocenters. The molecular formula is C18H27N3O3. The number of aromatic nitrogens is 1. The van der Waals surface area contributed by atoms with E-state index in [4.69, 9.17) is 4.74 Å². The lowest BCUT2D eigenvalue weighted by Crippen LogP contribution is -2.35. The molecule has 0 spiro atoms. The monoisotopic (exact) mass is 333 g/mol. The van der Waals surface area contributed by atoms with Crippen molar-refractivity contribution in [2.24, 2.45) is 0 Å². The average molecular weight is 333 g/mol. The summed E-state index contributed by atoms with van der Waals surface area (Å²) in [6.45, 7) is 4.74. The molecule has 1 aromatic heterocycles. The number of carbonyl (C=O) groups is 1. The molecule has 6 nitrogen and oxygen atoms in total. The average Bonchev–Trinajstić information content (AvgIpc) is 2.94. The van der Waals surface area contributed by atoms with Crippen LogP contribution in [0.4, 0.5) is 0 Å². The van der Waals surface area contributed by atoms with Gasteiger partial charge in [0.1, 0.15) is 18.5 Å². The van der Waals surface area contributed by atoms with Crippen LogP contribution in [0.15, 0.2) is 24.4 Å². The van der Waals surface area contributed by atoms with Crippen LogP contribution in [0.5, 0.6) is 5.75 Å². The van der Waals surface area contributed by atoms with E-state index < -0.39 is 6.10 Å². The van der Waals surface area contributed by atoms with Crippen LogP contribution >= 0.6 is 0 Å². The second kappa shape index (κ2) is 8.17. The normalized spacial score (nSPS) is 12.6. The van der Waals surface area contributed by atoms with Gasteiger partial charge in [-0.2, -0.15) is 0 Å². The first kappa shape index (κ1) is 18.3. The molecule has 1 amide bonds. The fourth-order valence-electron chi connectivity index (χ4n) is 2.42. The predicted octanol–water partition coefficient (Wildman–Crippen LogP) is 1.54. The lowest BCUT2D eigenvalue weighted by molar-refractivity contribution is -0.127. The number of hydrogen-bond acceptors (Lipinski definition) is 4. The third kappa shape index (κ3) is 4.72. The van der Waals surface area contributed by atoms with E-state index in [9.17, 15) is 9.90 Å². The highest BCUT2D eigenvalue weighted by molar-refractivity contribution is 5.93. The minimum atomic E-state index is -0.589. The van der Waals surface area contributed by atoms with E-state index in [2.05, 4.69) is 10.3 Å². The number of aromatic amines is 1. The van der Waals surface area contributed by atoms with Gasteiger partial charge in [0.25, 0.3) is 0 Å². The third-order valence-electron chi connectivity index (χ3n) is 3.78. The molecule has 24 heavy (non-hydrogen) atoms. The Hall–Kier alpha value is -2.05. The molecule has 1 aromatic carbocycles. The molecule has 0 saturated carbocycles. The van der Waals surface area contributed by atoms with Crippen molar-refractivity contribution < 1.29 is 14.6 Å². The Labute approximate surface area is 142 Å². The molecule has 1 atom stereocenters. The maximum absolute atomic E-state index is 12.0. The van der Waals surface area contributed by atoms with Gasteiger partial charge in [-0.15, -0.1) is 0 Å². The number of rotatable bonds is 8. The number of hydrogen-bond donors (Lipinski definition) is 3. The van der Waals surface area contributed by atoms with Crippen LogP contribution in [-0.4, -0.2) is 60.3 Å². The number of likely N-dealkylation sites (N-methyl/N-ethyl adjacent to an activating group) is 1. The SMILES string of the molecule is CC(C)NC[C@@H](O)COc1cccc2[nH]cc(CC(=O)N(C)C)c12. The summed E-state index contributed by atoms with van der Waals surface area (Å²) >= 11 is 0. The van der Waals surface area contributed by atoms with E-state index >= 15 is 0 Å². The van der Waals surface area contributed by atoms with E-state index in [0.717, 1.165) is 16.5 Å². The summed E-state index contributed by atoms with van der Waals surface area (Å²) in [6.07, 6.45) is 1.56. The Morgan fingerprint density at radius 3 is 2.79 bits per heavy atom. The summed E-state index contributed by atoms with van der Waals surface area (Å²) in [6, 6.07) is 6.02. The summed E-state index contributed by atoms with van der Waals surface area (Å²) in [4.78, 5) is 16.8. The van der Waals surface area contributed by atoms with Crippen LogP contribution in [0, 0.1) is 0 Å². The zero-order valence-corrected chi connectivity index (χ0v) is 14.8. The van der Waals surface area contributed by atoms with Gasteiger partial charge in [0, 0.05) is 43.8 Å². The predicted molar refractivity (Wildman–Crippen MR) is 95.3 cm³/mol. The number of amides is 1. The summed E-state index contributed by atoms with van der Waals surface area (Å²) in [7, 11) is 3.49. The van der Waals surface area contributed by atoms with Crippen molar-refractivity contribution in [2.75, 3.05) is 27.2 Å². The Bertz CT molecular complexity index is 679. The van der Waals surface area contributed by atoms with Crippen molar-refractivity contribution in [3.05, 3.63) is 30.0 Å². The van der Waals surface area contributed by atoms with Crippen molar-refractivity contribution in [1.29, 1.82) is 0 Å². The molecule has 0 aliphatic carbocycles. The summed E-state index contributed by atoms with van der Waals surface area (Å²) < 4.78 is 5.82. The molecule has 1 heterocycles. The fourth-order valence-corrected chi connectivity index (χ4v) is 2.42. The van der Waals surface area contributed by atoms with Crippen molar-refractivity contribution in [3.63, 3.8) is 0 Å². The van der Waals surface area contributed by atoms with Gasteiger partial charge < -0.3 is 25.0 Å². The Morgan fingerprint density at radius 2 is 2.12 bits per heavy atom. The molecule has 2 aromatic rings. The van der Waals surface area contributed by atoms with E-state index in [0.29, 0.717) is 24.8 Å². The lowest BCUT2D eigenvalue weighted by Gasteiger charge is -2.16. The molecule has 0 radical (unpaired) electrons. The van der Waals surface area contributed by atoms with Crippen molar-refractivity contribution in [3.8, 4) is 5.75 Å². The van der Waals surface area contributed by atoms with Gasteiger partial charge in [-0.1, -0.05) is 19.9 Å². The van der Waals surface area contributed by atoms with Crippen molar-refractivity contribution in [1.82, 2.24) is 15.2 Å². The standard InChI is InChI=1S/C18H27N3O3/c1-12(2)19-10-14(22)11-24-16-7-5-6-15-18(16)13(9-20-15)8-17(23)21(3)4/h5-7,9,12,14,19-20,22H,8,10-11H2,1-4H3/t14-/m1/s1. The van der Waals surface area contributed by atoms with Gasteiger partial charge in [0.05, 0.1) is 6.42 Å². The first-order valence-corrected chi connectivity index (χ1v) is 8.22. The number of nitrogens with one attached hydrogen (secondary N) is 2. The van der Waals surface area contributed by atoms with Crippen LogP contribution in [-0.2, 0) is 11.2 Å². The van der Waals surface area contributed by atoms with Crippen LogP contribution in [0.1, 0.15) is 19.4 Å². The van der Waals surface area contributed by atoms with E-state index in [1.165, 1.54) is 0 Å². The molecule has 0 saturated heterocycles. The number of carbonyl (C=O) groups excluding carboxylic acids is 1. The highest BCUT2D eigenvalue weighted by Gasteiger charge is 2.15. The first-order valence-electron chi connectivity index (χ1n) is 8.22. The Balaban J connectivity index is 2.12. The third-order valence-corrected chi connectivity index (χ3v) is 3.78. The number of H-pyrrole nitrogens is 1. The van der Waals surface area contributed by atoms with Crippen LogP contribution in [0.2, 0.25) is 0 Å². The molecule has 0 aliphatic heterocycles. The molecule has 2 rings (SSSR count). The van der Waals surface area contributed by atoms with Gasteiger partial charge in [0.15, 0.2) is 0 Å². The van der Waals surface area contributed by atoms with Gasteiger partial charge in [-0.05, 0) is 17.7 Å². The van der Waals surface area contributed by atoms with E-state index in [1.807, 2.05) is 38.2 Å². The minimum absolute atomic E-state index is 0.0341. The molecular weight excluding hydrogens is 306 g/mol. The first-order chi connectivity index (χ1) is 11.4. The molecule has 3 N–H and O–H groups in total. The van der Waals surface area contributed by atoms with E-state index in [-0.39, 0.29) is 12.5 Å². The van der Waals surface area contributed by atoms with Gasteiger partial charge in [-0.3, -0.25) is 4.79 Å². The highest BCUT2D eigenvalue weighted by atomic mass is 16.5. The topological polar surface area (TPSA) is 77.6 Å². The molecule has 6 heteroatoms. The smallest absolute Gasteiger partial charge is 0.226 e. The second-order valence-corrected chi connectivity index (χ2v) is 6.49. The highest BCUT2D eigenvalue weighted by Crippen LogP contribution is 2.29. The number of nitrogens with zero attached hydrogens (tertiary/aromatic N) is 1. The van der Waals surface area contributed by atoms with Crippen molar-refractivity contribution in [2.45, 2.75) is 32.4 Å². The molecule has 0 aliphatic rings. The van der Waals surface area contributed by atoms with Crippen LogP contribution in [0.25, 0.3) is 10.9 Å². The molecule has 0 bridgehead atoms. The van der Waals surface area contributed by atoms with Crippen LogP contribution < -0.4 is 10.1 Å². The molecule has 0 fully saturated rings. The van der Waals surface area contributed by atoms with Gasteiger partial charge >= 0.3 is 0 Å².